The topological polar surface area (TPSA) is 83.0 Å². The van der Waals surface area contributed by atoms with Crippen molar-refractivity contribution in [3.63, 3.8) is 0 Å². The molecule has 5 aliphatic carbocycles. The van der Waals surface area contributed by atoms with Crippen molar-refractivity contribution < 1.29 is 0 Å². The Kier molecular flexibility index (Phi) is 12.7. The fourth-order valence-corrected chi connectivity index (χ4v) is 13.9. The Morgan fingerprint density at radius 3 is 2.07 bits per heavy atom. The SMILES string of the molecule is C1=CCCC(C2=NC(C3C=CC=CC3)NC(c3ccc(-n4c5ccccc5c5ccc6c(c7ccccc7n6C6=CC7=C(C=CCC7)CC6)c54)c(C4=NC(c5ccc(-c6ccccc6)cc5)=NC(C5=CC=C(c6ccccc6)CC5)N4)c3)N2)=C1. The molecule has 8 nitrogen and oxygen atoms in total. The summed E-state index contributed by atoms with van der Waals surface area (Å²) in [5, 5.41) is 16.9. The number of aromatic nitrogens is 2. The highest BCUT2D eigenvalue weighted by molar-refractivity contribution is 6.27. The lowest BCUT2D eigenvalue weighted by Gasteiger charge is -2.36. The first-order valence-electron chi connectivity index (χ1n) is 30.2. The molecule has 7 aliphatic rings. The Balaban J connectivity index is 0.921. The number of hydrogen-bond donors (Lipinski definition) is 3. The highest BCUT2D eigenvalue weighted by Gasteiger charge is 2.33. The van der Waals surface area contributed by atoms with Crippen molar-refractivity contribution in [2.45, 2.75) is 76.3 Å². The van der Waals surface area contributed by atoms with Crippen LogP contribution < -0.4 is 16.0 Å². The van der Waals surface area contributed by atoms with Gasteiger partial charge < -0.3 is 19.8 Å². The minimum absolute atomic E-state index is 0.138. The molecule has 0 saturated carbocycles. The van der Waals surface area contributed by atoms with Crippen LogP contribution in [0.3, 0.4) is 0 Å². The van der Waals surface area contributed by atoms with Crippen LogP contribution in [0.1, 0.15) is 86.2 Å². The quantitative estimate of drug-likeness (QED) is 0.128. The van der Waals surface area contributed by atoms with Gasteiger partial charge in [-0.05, 0) is 144 Å². The van der Waals surface area contributed by atoms with Crippen molar-refractivity contribution in [2.75, 3.05) is 0 Å². The van der Waals surface area contributed by atoms with E-state index < -0.39 is 0 Å². The maximum atomic E-state index is 5.72. The maximum absolute atomic E-state index is 5.72. The van der Waals surface area contributed by atoms with Crippen LogP contribution in [-0.2, 0) is 0 Å². The minimum Gasteiger partial charge on any atom is -0.351 e. The number of hydrogen-bond acceptors (Lipinski definition) is 6. The number of fused-ring (bicyclic) bond motifs is 7. The van der Waals surface area contributed by atoms with Crippen molar-refractivity contribution in [1.82, 2.24) is 25.1 Å². The van der Waals surface area contributed by atoms with Gasteiger partial charge in [-0.3, -0.25) is 5.32 Å². The molecule has 408 valence electrons. The smallest absolute Gasteiger partial charge is 0.159 e. The molecule has 4 atom stereocenters. The van der Waals surface area contributed by atoms with E-state index in [1.165, 1.54) is 82.8 Å². The van der Waals surface area contributed by atoms with Crippen molar-refractivity contribution in [3.8, 4) is 16.8 Å². The molecule has 4 unspecified atom stereocenters. The van der Waals surface area contributed by atoms with E-state index in [2.05, 4.69) is 262 Å². The van der Waals surface area contributed by atoms with E-state index >= 15 is 0 Å². The number of nitrogens with zero attached hydrogens (tertiary/aromatic N) is 5. The summed E-state index contributed by atoms with van der Waals surface area (Å²) in [5.41, 5.74) is 20.5. The number of nitrogens with one attached hydrogen (secondary N) is 3. The van der Waals surface area contributed by atoms with Crippen molar-refractivity contribution >= 4 is 72.4 Å². The van der Waals surface area contributed by atoms with Crippen LogP contribution >= 0.6 is 0 Å². The van der Waals surface area contributed by atoms with Gasteiger partial charge in [-0.2, -0.15) is 0 Å². The Labute approximate surface area is 490 Å². The lowest BCUT2D eigenvalue weighted by Crippen LogP contribution is -2.51. The van der Waals surface area contributed by atoms with Gasteiger partial charge in [-0.15, -0.1) is 0 Å². The van der Waals surface area contributed by atoms with Gasteiger partial charge in [-0.1, -0.05) is 200 Å². The fourth-order valence-electron chi connectivity index (χ4n) is 13.9. The Morgan fingerprint density at radius 1 is 0.500 bits per heavy atom. The van der Waals surface area contributed by atoms with Crippen molar-refractivity contribution in [1.29, 1.82) is 0 Å². The number of allylic oxidation sites excluding steroid dienone is 15. The molecule has 0 spiro atoms. The third-order valence-electron chi connectivity index (χ3n) is 18.2. The summed E-state index contributed by atoms with van der Waals surface area (Å²) >= 11 is 0. The zero-order chi connectivity index (χ0) is 55.5. The number of benzene rings is 7. The number of rotatable bonds is 10. The predicted octanol–water partition coefficient (Wildman–Crippen LogP) is 17.1. The molecule has 16 rings (SSSR count). The number of aliphatic imine (C=N–C) groups is 3. The monoisotopic (exact) mass is 1090 g/mol. The Morgan fingerprint density at radius 2 is 1.27 bits per heavy atom. The molecule has 4 heterocycles. The van der Waals surface area contributed by atoms with E-state index in [0.29, 0.717) is 5.84 Å². The second-order valence-electron chi connectivity index (χ2n) is 23.2. The summed E-state index contributed by atoms with van der Waals surface area (Å²) in [4.78, 5) is 16.7. The maximum Gasteiger partial charge on any atom is 0.159 e. The number of amidine groups is 3. The van der Waals surface area contributed by atoms with Crippen LogP contribution in [0.25, 0.3) is 71.7 Å². The lowest BCUT2D eigenvalue weighted by atomic mass is 9.89. The summed E-state index contributed by atoms with van der Waals surface area (Å²) in [6.45, 7) is 0. The van der Waals surface area contributed by atoms with E-state index in [-0.39, 0.29) is 24.4 Å². The molecule has 8 heteroatoms. The molecular formula is C76H64N8. The third-order valence-corrected chi connectivity index (χ3v) is 18.2. The molecule has 0 radical (unpaired) electrons. The predicted molar refractivity (Wildman–Crippen MR) is 349 cm³/mol. The summed E-state index contributed by atoms with van der Waals surface area (Å²) in [6.07, 6.45) is 35.4. The summed E-state index contributed by atoms with van der Waals surface area (Å²) in [5.74, 6) is 2.63. The molecule has 9 aromatic rings. The van der Waals surface area contributed by atoms with Gasteiger partial charge in [0.15, 0.2) is 5.84 Å². The Hall–Kier alpha value is -9.63. The zero-order valence-corrected chi connectivity index (χ0v) is 46.9. The van der Waals surface area contributed by atoms with Gasteiger partial charge in [0.2, 0.25) is 0 Å². The van der Waals surface area contributed by atoms with Crippen molar-refractivity contribution in [2.24, 2.45) is 20.9 Å². The van der Waals surface area contributed by atoms with Crippen LogP contribution in [0.4, 0.5) is 0 Å². The van der Waals surface area contributed by atoms with Crippen LogP contribution in [0.2, 0.25) is 0 Å². The molecule has 0 amide bonds. The highest BCUT2D eigenvalue weighted by atomic mass is 15.3. The average Bonchev–Trinajstić information content (AvgIpc) is 1.66. The van der Waals surface area contributed by atoms with Gasteiger partial charge in [-0.25, -0.2) is 15.0 Å². The van der Waals surface area contributed by atoms with E-state index in [9.17, 15) is 0 Å². The normalized spacial score (nSPS) is 21.3. The minimum atomic E-state index is -0.375. The fraction of sp³-hybridized carbons (Fsp3) is 0.171. The van der Waals surface area contributed by atoms with E-state index in [0.717, 1.165) is 103 Å². The van der Waals surface area contributed by atoms with Gasteiger partial charge in [0.1, 0.15) is 30.2 Å². The molecule has 7 aromatic carbocycles. The molecule has 0 bridgehead atoms. The highest BCUT2D eigenvalue weighted by Crippen LogP contribution is 2.45. The summed E-state index contributed by atoms with van der Waals surface area (Å²) < 4.78 is 5.12. The van der Waals surface area contributed by atoms with Gasteiger partial charge in [0.25, 0.3) is 0 Å². The first-order valence-corrected chi connectivity index (χ1v) is 30.2. The summed E-state index contributed by atoms with van der Waals surface area (Å²) in [6, 6.07) is 60.0. The number of para-hydroxylation sites is 2. The summed E-state index contributed by atoms with van der Waals surface area (Å²) in [7, 11) is 0. The zero-order valence-electron chi connectivity index (χ0n) is 46.9. The molecule has 84 heavy (non-hydrogen) atoms. The average molecular weight is 1090 g/mol. The molecule has 0 fully saturated rings. The van der Waals surface area contributed by atoms with E-state index in [4.69, 9.17) is 15.0 Å². The molecule has 0 saturated heterocycles. The second kappa shape index (κ2) is 21.3. The lowest BCUT2D eigenvalue weighted by molar-refractivity contribution is 0.338. The van der Waals surface area contributed by atoms with Gasteiger partial charge in [0, 0.05) is 44.3 Å². The van der Waals surface area contributed by atoms with Crippen molar-refractivity contribution in [3.05, 3.63) is 281 Å². The van der Waals surface area contributed by atoms with E-state index in [1.807, 2.05) is 0 Å². The first-order chi connectivity index (χ1) is 41.6. The van der Waals surface area contributed by atoms with Crippen LogP contribution in [0.5, 0.6) is 0 Å². The molecule has 3 N–H and O–H groups in total. The van der Waals surface area contributed by atoms with Gasteiger partial charge in [0.05, 0.1) is 27.8 Å². The van der Waals surface area contributed by atoms with Crippen LogP contribution in [0, 0.1) is 5.92 Å². The Bertz CT molecular complexity index is 4540. The molecule has 2 aliphatic heterocycles. The largest absolute Gasteiger partial charge is 0.351 e. The second-order valence-corrected chi connectivity index (χ2v) is 23.2. The van der Waals surface area contributed by atoms with E-state index in [1.54, 1.807) is 0 Å². The van der Waals surface area contributed by atoms with Crippen LogP contribution in [-0.4, -0.2) is 39.0 Å². The third kappa shape index (κ3) is 9.00. The van der Waals surface area contributed by atoms with Crippen LogP contribution in [0.15, 0.2) is 274 Å². The standard InChI is InChI=1S/C76H64N8/c1-5-19-49(20-6-1)52-33-37-56(38-34-52)73-78-74(57-39-35-53(36-40-57)50-21-7-2-8-22-50)82-76(81-73)64-48-59(75-79-71(54-24-9-3-10-25-54)77-72(80-75)55-26-11-4-12-27-55)42-45-67(64)84-65-31-17-15-29-61(65)62-44-46-68-69(70(62)84)63-30-16-18-32-66(63)83(68)60-43-41-51-23-13-14-28-58(51)47-60/h1-11,13,15-24,26,29-35,37-39,42,44-48,54,71,74-75,79H,12,14,25,27-28,36,40-41,43H2,(H,77,80)(H,78,81,82). The molecule has 2 aromatic heterocycles. The van der Waals surface area contributed by atoms with Gasteiger partial charge >= 0.3 is 0 Å². The first kappa shape index (κ1) is 50.1. The molecular weight excluding hydrogens is 1020 g/mol.